The van der Waals surface area contributed by atoms with E-state index in [1.54, 1.807) is 6.07 Å². The van der Waals surface area contributed by atoms with Crippen LogP contribution in [0.25, 0.3) is 0 Å². The number of hydrogen-bond acceptors (Lipinski definition) is 6. The molecule has 0 amide bonds. The van der Waals surface area contributed by atoms with Crippen molar-refractivity contribution in [3.8, 4) is 0 Å². The summed E-state index contributed by atoms with van der Waals surface area (Å²) in [6.45, 7) is -0.441. The number of rotatable bonds is 6. The number of ether oxygens (including phenoxy) is 1. The predicted molar refractivity (Wildman–Crippen MR) is 135 cm³/mol. The Hall–Kier alpha value is -3.78. The summed E-state index contributed by atoms with van der Waals surface area (Å²) in [5, 5.41) is 14.4. The molecule has 0 bridgehead atoms. The topological polar surface area (TPSA) is 98.5 Å². The second kappa shape index (κ2) is 9.46. The van der Waals surface area contributed by atoms with Crippen LogP contribution < -0.4 is 5.32 Å². The van der Waals surface area contributed by atoms with E-state index in [1.165, 1.54) is 29.8 Å². The third-order valence-corrected chi connectivity index (χ3v) is 7.09. The first kappa shape index (κ1) is 23.0. The van der Waals surface area contributed by atoms with Crippen LogP contribution in [-0.4, -0.2) is 23.3 Å². The van der Waals surface area contributed by atoms with Crippen molar-refractivity contribution in [2.75, 3.05) is 11.9 Å². The number of carbonyl (C=O) groups is 2. The molecule has 1 aliphatic heterocycles. The largest absolute Gasteiger partial charge is 0.454 e. The van der Waals surface area contributed by atoms with Crippen LogP contribution in [0.2, 0.25) is 0 Å². The van der Waals surface area contributed by atoms with Gasteiger partial charge in [0.2, 0.25) is 0 Å². The fourth-order valence-electron chi connectivity index (χ4n) is 4.79. The van der Waals surface area contributed by atoms with Crippen molar-refractivity contribution in [3.05, 3.63) is 116 Å². The molecule has 1 N–H and O–H groups in total. The van der Waals surface area contributed by atoms with Crippen molar-refractivity contribution in [1.29, 1.82) is 0 Å². The van der Waals surface area contributed by atoms with Crippen LogP contribution >= 0.6 is 15.9 Å². The lowest BCUT2D eigenvalue weighted by atomic mass is 9.76. The molecule has 0 saturated heterocycles. The number of fused-ring (bicyclic) bond motifs is 3. The first-order valence-electron chi connectivity index (χ1n) is 11.2. The lowest BCUT2D eigenvalue weighted by Crippen LogP contribution is -2.29. The standard InChI is InChI=1S/C27H21BrN2O5/c28-19-9-4-17(5-10-19)26-22-3-1-2-21(22)23-14-18(8-13-24(23)29-26)27(32)35-15-25(31)16-6-11-20(12-7-16)30(33)34/h1-2,4-14,21-22,26,29H,3,15H2/t21-,22-,26+/m0/s1. The summed E-state index contributed by atoms with van der Waals surface area (Å²) in [5.74, 6) is -0.506. The highest BCUT2D eigenvalue weighted by Crippen LogP contribution is 2.50. The zero-order chi connectivity index (χ0) is 24.5. The normalized spacial score (nSPS) is 19.9. The number of nitro benzene ring substituents is 1. The molecular weight excluding hydrogens is 512 g/mol. The van der Waals surface area contributed by atoms with E-state index >= 15 is 0 Å². The van der Waals surface area contributed by atoms with E-state index < -0.39 is 23.3 Å². The van der Waals surface area contributed by atoms with E-state index in [9.17, 15) is 19.7 Å². The predicted octanol–water partition coefficient (Wildman–Crippen LogP) is 6.22. The van der Waals surface area contributed by atoms with Gasteiger partial charge in [-0.05, 0) is 65.9 Å². The summed E-state index contributed by atoms with van der Waals surface area (Å²) in [7, 11) is 0. The second-order valence-electron chi connectivity index (χ2n) is 8.63. The molecule has 7 nitrogen and oxygen atoms in total. The molecule has 3 aromatic rings. The maximum atomic E-state index is 12.7. The van der Waals surface area contributed by atoms with Crippen LogP contribution in [-0.2, 0) is 4.74 Å². The average Bonchev–Trinajstić information content (AvgIpc) is 3.37. The molecule has 2 aliphatic rings. The van der Waals surface area contributed by atoms with Crippen LogP contribution in [0.5, 0.6) is 0 Å². The molecule has 0 unspecified atom stereocenters. The maximum Gasteiger partial charge on any atom is 0.338 e. The lowest BCUT2D eigenvalue weighted by Gasteiger charge is -2.37. The highest BCUT2D eigenvalue weighted by Gasteiger charge is 2.38. The Labute approximate surface area is 210 Å². The molecule has 5 rings (SSSR count). The number of carbonyl (C=O) groups excluding carboxylic acids is 2. The number of nitrogens with one attached hydrogen (secondary N) is 1. The van der Waals surface area contributed by atoms with Crippen molar-refractivity contribution in [2.45, 2.75) is 18.4 Å². The Balaban J connectivity index is 1.30. The first-order chi connectivity index (χ1) is 16.9. The monoisotopic (exact) mass is 532 g/mol. The highest BCUT2D eigenvalue weighted by atomic mass is 79.9. The maximum absolute atomic E-state index is 12.7. The summed E-state index contributed by atoms with van der Waals surface area (Å²) < 4.78 is 6.30. The average molecular weight is 533 g/mol. The van der Waals surface area contributed by atoms with E-state index in [0.29, 0.717) is 11.5 Å². The van der Waals surface area contributed by atoms with Gasteiger partial charge < -0.3 is 10.1 Å². The van der Waals surface area contributed by atoms with E-state index in [1.807, 2.05) is 24.3 Å². The zero-order valence-corrected chi connectivity index (χ0v) is 20.1. The number of esters is 1. The number of anilines is 1. The van der Waals surface area contributed by atoms with Crippen molar-refractivity contribution >= 4 is 39.1 Å². The Morgan fingerprint density at radius 2 is 1.74 bits per heavy atom. The molecule has 0 fully saturated rings. The smallest absolute Gasteiger partial charge is 0.338 e. The zero-order valence-electron chi connectivity index (χ0n) is 18.5. The van der Waals surface area contributed by atoms with Gasteiger partial charge in [-0.25, -0.2) is 4.79 Å². The van der Waals surface area contributed by atoms with Gasteiger partial charge in [-0.2, -0.15) is 0 Å². The van der Waals surface area contributed by atoms with E-state index in [4.69, 9.17) is 4.74 Å². The van der Waals surface area contributed by atoms with Gasteiger partial charge >= 0.3 is 5.97 Å². The fraction of sp³-hybridized carbons (Fsp3) is 0.185. The van der Waals surface area contributed by atoms with Crippen LogP contribution in [0, 0.1) is 16.0 Å². The molecule has 1 heterocycles. The summed E-state index contributed by atoms with van der Waals surface area (Å²) in [6, 6.07) is 19.1. The number of halogens is 1. The molecule has 0 spiro atoms. The summed E-state index contributed by atoms with van der Waals surface area (Å²) in [4.78, 5) is 35.3. The molecule has 3 aromatic carbocycles. The summed E-state index contributed by atoms with van der Waals surface area (Å²) in [6.07, 6.45) is 5.32. The SMILES string of the molecule is O=C(COC(=O)c1ccc2c(c1)[C@H]1C=CC[C@@H]1[C@@H](c1ccc(Br)cc1)N2)c1ccc([N+](=O)[O-])cc1. The number of allylic oxidation sites excluding steroid dienone is 2. The van der Waals surface area contributed by atoms with Gasteiger partial charge in [-0.3, -0.25) is 14.9 Å². The van der Waals surface area contributed by atoms with Gasteiger partial charge in [0.05, 0.1) is 16.5 Å². The first-order valence-corrected chi connectivity index (χ1v) is 12.0. The molecule has 0 saturated carbocycles. The number of non-ortho nitro benzene ring substituents is 1. The van der Waals surface area contributed by atoms with Crippen molar-refractivity contribution in [1.82, 2.24) is 0 Å². The molecule has 8 heteroatoms. The van der Waals surface area contributed by atoms with Crippen molar-refractivity contribution in [2.24, 2.45) is 5.92 Å². The van der Waals surface area contributed by atoms with Crippen molar-refractivity contribution < 1.29 is 19.2 Å². The number of nitro groups is 1. The van der Waals surface area contributed by atoms with E-state index in [0.717, 1.165) is 22.1 Å². The molecule has 0 radical (unpaired) electrons. The molecular formula is C27H21BrN2O5. The lowest BCUT2D eigenvalue weighted by molar-refractivity contribution is -0.384. The van der Waals surface area contributed by atoms with Crippen LogP contribution in [0.15, 0.2) is 83.4 Å². The van der Waals surface area contributed by atoms with Gasteiger partial charge in [0, 0.05) is 33.8 Å². The Morgan fingerprint density at radius 3 is 2.46 bits per heavy atom. The minimum absolute atomic E-state index is 0.108. The molecule has 35 heavy (non-hydrogen) atoms. The van der Waals surface area contributed by atoms with E-state index in [2.05, 4.69) is 45.5 Å². The highest BCUT2D eigenvalue weighted by molar-refractivity contribution is 9.10. The number of hydrogen-bond donors (Lipinski definition) is 1. The summed E-state index contributed by atoms with van der Waals surface area (Å²) in [5.41, 5.74) is 3.74. The fourth-order valence-corrected chi connectivity index (χ4v) is 5.05. The molecule has 0 aromatic heterocycles. The van der Waals surface area contributed by atoms with E-state index in [-0.39, 0.29) is 23.2 Å². The second-order valence-corrected chi connectivity index (χ2v) is 9.55. The minimum Gasteiger partial charge on any atom is -0.454 e. The summed E-state index contributed by atoms with van der Waals surface area (Å²) >= 11 is 3.49. The Kier molecular flexibility index (Phi) is 6.21. The van der Waals surface area contributed by atoms with Gasteiger partial charge in [0.25, 0.3) is 5.69 Å². The number of ketones is 1. The molecule has 3 atom stereocenters. The van der Waals surface area contributed by atoms with Crippen LogP contribution in [0.3, 0.4) is 0 Å². The Bertz CT molecular complexity index is 1330. The van der Waals surface area contributed by atoms with Gasteiger partial charge in [0.1, 0.15) is 0 Å². The van der Waals surface area contributed by atoms with Crippen molar-refractivity contribution in [3.63, 3.8) is 0 Å². The van der Waals surface area contributed by atoms with Gasteiger partial charge in [0.15, 0.2) is 12.4 Å². The molecule has 176 valence electrons. The van der Waals surface area contributed by atoms with Crippen LogP contribution in [0.4, 0.5) is 11.4 Å². The number of benzene rings is 3. The third kappa shape index (κ3) is 4.61. The molecule has 1 aliphatic carbocycles. The van der Waals surface area contributed by atoms with Crippen LogP contribution in [0.1, 0.15) is 50.2 Å². The number of Topliss-reactive ketones (excluding diaryl/α,β-unsaturated/α-hetero) is 1. The quantitative estimate of drug-likeness (QED) is 0.133. The van der Waals surface area contributed by atoms with Gasteiger partial charge in [-0.1, -0.05) is 40.2 Å². The minimum atomic E-state index is -0.586. The van der Waals surface area contributed by atoms with Gasteiger partial charge in [-0.15, -0.1) is 0 Å². The Morgan fingerprint density at radius 1 is 1.03 bits per heavy atom. The number of nitrogens with zero attached hydrogens (tertiary/aromatic N) is 1. The third-order valence-electron chi connectivity index (χ3n) is 6.56.